The zero-order valence-electron chi connectivity index (χ0n) is 17.5. The molecule has 2 fully saturated rings. The average Bonchev–Trinajstić information content (AvgIpc) is 2.97. The van der Waals surface area contributed by atoms with Crippen molar-refractivity contribution in [3.63, 3.8) is 0 Å². The van der Waals surface area contributed by atoms with E-state index in [0.29, 0.717) is 5.56 Å². The van der Waals surface area contributed by atoms with Crippen molar-refractivity contribution in [1.82, 2.24) is 9.88 Å². The lowest BCUT2D eigenvalue weighted by molar-refractivity contribution is -0.150. The van der Waals surface area contributed by atoms with E-state index >= 15 is 0 Å². The summed E-state index contributed by atoms with van der Waals surface area (Å²) in [5.74, 6) is 0.854. The molecule has 166 valence electrons. The number of likely N-dealkylation sites (N-methyl/N-ethyl adjacent to an activating group) is 1. The van der Waals surface area contributed by atoms with Gasteiger partial charge in [0.2, 0.25) is 0 Å². The highest BCUT2D eigenvalue weighted by molar-refractivity contribution is 5.93. The second-order valence-electron chi connectivity index (χ2n) is 7.43. The first-order chi connectivity index (χ1) is 14.2. The van der Waals surface area contributed by atoms with Crippen molar-refractivity contribution in [2.75, 3.05) is 38.6 Å². The largest absolute Gasteiger partial charge is 0.483 e. The summed E-state index contributed by atoms with van der Waals surface area (Å²) in [6.45, 7) is 3.40. The molecule has 1 atom stereocenters. The number of Topliss-reactive ketones (excluding diaryl/α,β-unsaturated/α-hetero) is 1. The van der Waals surface area contributed by atoms with Crippen LogP contribution in [0.4, 0.5) is 5.82 Å². The zero-order valence-corrected chi connectivity index (χ0v) is 17.5. The summed E-state index contributed by atoms with van der Waals surface area (Å²) in [5, 5.41) is 13.8. The number of cyclic esters (lactones) is 1. The van der Waals surface area contributed by atoms with Crippen molar-refractivity contribution >= 4 is 30.5 Å². The Morgan fingerprint density at radius 1 is 1.27 bits per heavy atom. The van der Waals surface area contributed by atoms with Crippen LogP contribution in [0.15, 0.2) is 18.3 Å². The zero-order chi connectivity index (χ0) is 22.7. The normalized spacial score (nSPS) is 19.1. The number of ketones is 1. The molecule has 0 bridgehead atoms. The summed E-state index contributed by atoms with van der Waals surface area (Å²) in [5.41, 5.74) is 0.300. The van der Waals surface area contributed by atoms with E-state index in [4.69, 9.17) is 24.5 Å². The standard InChI is InChI=1S/C18H25N3O3.2CH2O2/c1-13(22)14-4-5-16(19-11-14)21-8-6-18(7-9-21)10-15(12-20(2)3)24-17(18)23;2*2-1-3/h4-5,11,15H,6-10,12H2,1-3H3;2*1H,(H,2,3). The lowest BCUT2D eigenvalue weighted by atomic mass is 9.76. The predicted octanol–water partition coefficient (Wildman–Crippen LogP) is 1.15. The van der Waals surface area contributed by atoms with Crippen molar-refractivity contribution in [1.29, 1.82) is 0 Å². The number of nitrogens with zero attached hydrogens (tertiary/aromatic N) is 3. The average molecular weight is 423 g/mol. The number of rotatable bonds is 4. The number of anilines is 1. The monoisotopic (exact) mass is 423 g/mol. The molecule has 1 aromatic heterocycles. The highest BCUT2D eigenvalue weighted by Gasteiger charge is 2.50. The van der Waals surface area contributed by atoms with E-state index in [1.54, 1.807) is 6.20 Å². The fraction of sp³-hybridized carbons (Fsp3) is 0.550. The summed E-state index contributed by atoms with van der Waals surface area (Å²) in [4.78, 5) is 49.1. The lowest BCUT2D eigenvalue weighted by Crippen LogP contribution is -2.43. The molecule has 2 aliphatic heterocycles. The fourth-order valence-electron chi connectivity index (χ4n) is 3.70. The SMILES string of the molecule is CC(=O)c1ccc(N2CCC3(CC2)CC(CN(C)C)OC3=O)nc1.O=CO.O=CO. The molecule has 1 unspecified atom stereocenters. The molecule has 0 aromatic carbocycles. The number of aromatic nitrogens is 1. The minimum absolute atomic E-state index is 0.00650. The fourth-order valence-corrected chi connectivity index (χ4v) is 3.70. The Kier molecular flexibility index (Phi) is 9.90. The van der Waals surface area contributed by atoms with Gasteiger partial charge < -0.3 is 24.7 Å². The second-order valence-corrected chi connectivity index (χ2v) is 7.43. The molecule has 2 aliphatic rings. The van der Waals surface area contributed by atoms with E-state index in [-0.39, 0.29) is 36.2 Å². The maximum Gasteiger partial charge on any atom is 0.312 e. The van der Waals surface area contributed by atoms with E-state index in [2.05, 4.69) is 14.8 Å². The number of carbonyl (C=O) groups is 4. The Hall–Kier alpha value is -3.01. The Morgan fingerprint density at radius 2 is 1.83 bits per heavy atom. The van der Waals surface area contributed by atoms with Crippen LogP contribution < -0.4 is 4.90 Å². The van der Waals surface area contributed by atoms with Crippen LogP contribution in [0.5, 0.6) is 0 Å². The first kappa shape index (κ1) is 25.0. The van der Waals surface area contributed by atoms with Crippen molar-refractivity contribution in [2.24, 2.45) is 5.41 Å². The molecule has 0 radical (unpaired) electrons. The molecule has 3 rings (SSSR count). The third-order valence-corrected chi connectivity index (χ3v) is 5.09. The third-order valence-electron chi connectivity index (χ3n) is 5.09. The molecule has 3 heterocycles. The van der Waals surface area contributed by atoms with Gasteiger partial charge in [0.15, 0.2) is 5.78 Å². The number of hydrogen-bond acceptors (Lipinski definition) is 8. The van der Waals surface area contributed by atoms with Crippen LogP contribution in [0, 0.1) is 5.41 Å². The Labute approximate surface area is 175 Å². The minimum atomic E-state index is -0.323. The molecule has 2 N–H and O–H groups in total. The van der Waals surface area contributed by atoms with Gasteiger partial charge in [-0.3, -0.25) is 19.2 Å². The van der Waals surface area contributed by atoms with E-state index < -0.39 is 0 Å². The van der Waals surface area contributed by atoms with Crippen LogP contribution in [0.1, 0.15) is 36.5 Å². The number of pyridine rings is 1. The van der Waals surface area contributed by atoms with Gasteiger partial charge in [0.05, 0.1) is 5.41 Å². The lowest BCUT2D eigenvalue weighted by Gasteiger charge is -2.37. The molecular weight excluding hydrogens is 394 g/mol. The van der Waals surface area contributed by atoms with Gasteiger partial charge >= 0.3 is 5.97 Å². The number of ether oxygens (including phenoxy) is 1. The van der Waals surface area contributed by atoms with Gasteiger partial charge in [-0.05, 0) is 46.0 Å². The summed E-state index contributed by atoms with van der Waals surface area (Å²) in [7, 11) is 4.00. The maximum atomic E-state index is 12.4. The molecule has 0 aliphatic carbocycles. The highest BCUT2D eigenvalue weighted by Crippen LogP contribution is 2.43. The molecule has 30 heavy (non-hydrogen) atoms. The van der Waals surface area contributed by atoms with Crippen molar-refractivity contribution in [3.05, 3.63) is 23.9 Å². The Bertz CT molecular complexity index is 708. The summed E-state index contributed by atoms with van der Waals surface area (Å²) in [6, 6.07) is 3.70. The third kappa shape index (κ3) is 6.80. The van der Waals surface area contributed by atoms with Gasteiger partial charge in [0.25, 0.3) is 12.9 Å². The van der Waals surface area contributed by atoms with Crippen molar-refractivity contribution < 1.29 is 34.1 Å². The molecule has 10 nitrogen and oxygen atoms in total. The number of carboxylic acid groups (broad SMARTS) is 2. The smallest absolute Gasteiger partial charge is 0.312 e. The van der Waals surface area contributed by atoms with E-state index in [9.17, 15) is 9.59 Å². The number of piperidine rings is 1. The molecule has 0 amide bonds. The molecule has 1 spiro atoms. The molecule has 10 heteroatoms. The van der Waals surface area contributed by atoms with Gasteiger partial charge in [-0.2, -0.15) is 0 Å². The maximum absolute atomic E-state index is 12.4. The van der Waals surface area contributed by atoms with Gasteiger partial charge in [-0.1, -0.05) is 0 Å². The molecular formula is C20H29N3O7. The van der Waals surface area contributed by atoms with Crippen LogP contribution in [0.3, 0.4) is 0 Å². The van der Waals surface area contributed by atoms with E-state index in [0.717, 1.165) is 44.7 Å². The first-order valence-electron chi connectivity index (χ1n) is 9.46. The summed E-state index contributed by atoms with van der Waals surface area (Å²) in [6.07, 6.45) is 4.04. The second kappa shape index (κ2) is 11.9. The van der Waals surface area contributed by atoms with Crippen LogP contribution in [0.2, 0.25) is 0 Å². The number of carbonyl (C=O) groups excluding carboxylic acids is 2. The molecule has 1 aromatic rings. The minimum Gasteiger partial charge on any atom is -0.483 e. The van der Waals surface area contributed by atoms with E-state index in [1.807, 2.05) is 26.2 Å². The van der Waals surface area contributed by atoms with Crippen LogP contribution >= 0.6 is 0 Å². The van der Waals surface area contributed by atoms with Crippen molar-refractivity contribution in [2.45, 2.75) is 32.3 Å². The summed E-state index contributed by atoms with van der Waals surface area (Å²) < 4.78 is 5.60. The topological polar surface area (TPSA) is 137 Å². The van der Waals surface area contributed by atoms with Gasteiger partial charge in [0, 0.05) is 37.8 Å². The van der Waals surface area contributed by atoms with Gasteiger partial charge in [-0.15, -0.1) is 0 Å². The Balaban J connectivity index is 0.000000672. The highest BCUT2D eigenvalue weighted by atomic mass is 16.6. The number of hydrogen-bond donors (Lipinski definition) is 2. The van der Waals surface area contributed by atoms with Gasteiger partial charge in [-0.25, -0.2) is 4.98 Å². The van der Waals surface area contributed by atoms with Gasteiger partial charge in [0.1, 0.15) is 11.9 Å². The molecule has 0 saturated carbocycles. The molecule has 2 saturated heterocycles. The quantitative estimate of drug-likeness (QED) is 0.412. The summed E-state index contributed by atoms with van der Waals surface area (Å²) >= 11 is 0. The van der Waals surface area contributed by atoms with E-state index in [1.165, 1.54) is 6.92 Å². The van der Waals surface area contributed by atoms with Crippen molar-refractivity contribution in [3.8, 4) is 0 Å². The number of esters is 1. The predicted molar refractivity (Wildman–Crippen MR) is 109 cm³/mol. The Morgan fingerprint density at radius 3 is 2.27 bits per heavy atom. The van der Waals surface area contributed by atoms with Crippen LogP contribution in [-0.2, 0) is 19.1 Å². The van der Waals surface area contributed by atoms with Crippen LogP contribution in [0.25, 0.3) is 0 Å². The van der Waals surface area contributed by atoms with Crippen LogP contribution in [-0.4, -0.2) is 84.6 Å². The first-order valence-corrected chi connectivity index (χ1v) is 9.46.